The van der Waals surface area contributed by atoms with E-state index in [4.69, 9.17) is 14.4 Å². The molecule has 0 aliphatic carbocycles. The second kappa shape index (κ2) is 8.58. The Morgan fingerprint density at radius 1 is 1.26 bits per heavy atom. The van der Waals surface area contributed by atoms with Gasteiger partial charge in [0.25, 0.3) is 0 Å². The quantitative estimate of drug-likeness (QED) is 0.163. The maximum absolute atomic E-state index is 10.6. The molecule has 0 aromatic rings. The van der Waals surface area contributed by atoms with Gasteiger partial charge in [-0.15, -0.1) is 0 Å². The zero-order valence-electron chi connectivity index (χ0n) is 12.5. The molecule has 0 radical (unpaired) electrons. The second-order valence-electron chi connectivity index (χ2n) is 5.40. The van der Waals surface area contributed by atoms with Gasteiger partial charge in [-0.2, -0.15) is 8.42 Å². The van der Waals surface area contributed by atoms with Crippen LogP contribution in [0.15, 0.2) is 5.16 Å². The number of ether oxygens (including phenoxy) is 1. The highest BCUT2D eigenvalue weighted by Gasteiger charge is 2.44. The van der Waals surface area contributed by atoms with Crippen LogP contribution in [0.1, 0.15) is 20.3 Å². The van der Waals surface area contributed by atoms with Crippen molar-refractivity contribution in [3.05, 3.63) is 0 Å². The molecule has 10 nitrogen and oxygen atoms in total. The van der Waals surface area contributed by atoms with E-state index < -0.39 is 46.9 Å². The third kappa shape index (κ3) is 6.51. The van der Waals surface area contributed by atoms with Crippen LogP contribution in [-0.4, -0.2) is 74.9 Å². The van der Waals surface area contributed by atoms with Crippen LogP contribution >= 0.6 is 11.8 Å². The average Bonchev–Trinajstić information content (AvgIpc) is 2.44. The van der Waals surface area contributed by atoms with Gasteiger partial charge in [0.05, 0.1) is 6.61 Å². The molecule has 0 spiro atoms. The summed E-state index contributed by atoms with van der Waals surface area (Å²) in [6, 6.07) is 0. The van der Waals surface area contributed by atoms with E-state index in [1.54, 1.807) is 0 Å². The van der Waals surface area contributed by atoms with Crippen LogP contribution in [0.2, 0.25) is 0 Å². The fraction of sp³-hybridized carbons (Fsp3) is 0.909. The highest BCUT2D eigenvalue weighted by Crippen LogP contribution is 2.31. The number of aliphatic hydroxyl groups excluding tert-OH is 4. The number of hydrogen-bond acceptors (Lipinski definition) is 10. The minimum Gasteiger partial charge on any atom is -0.394 e. The molecule has 1 aliphatic rings. The number of oxime groups is 1. The highest BCUT2D eigenvalue weighted by molar-refractivity contribution is 8.14. The lowest BCUT2D eigenvalue weighted by atomic mass is 10.0. The summed E-state index contributed by atoms with van der Waals surface area (Å²) in [5.74, 6) is 0.0381. The molecule has 1 heterocycles. The fourth-order valence-electron chi connectivity index (χ4n) is 1.84. The van der Waals surface area contributed by atoms with Gasteiger partial charge in [0, 0.05) is 6.42 Å². The topological polar surface area (TPSA) is 166 Å². The van der Waals surface area contributed by atoms with Gasteiger partial charge in [0.2, 0.25) is 0 Å². The van der Waals surface area contributed by atoms with Crippen LogP contribution in [0, 0.1) is 5.92 Å². The third-order valence-electron chi connectivity index (χ3n) is 2.92. The van der Waals surface area contributed by atoms with E-state index in [0.29, 0.717) is 0 Å². The number of thioether (sulfide) groups is 1. The molecule has 0 amide bonds. The lowest BCUT2D eigenvalue weighted by Crippen LogP contribution is -2.57. The van der Waals surface area contributed by atoms with E-state index in [-0.39, 0.29) is 17.4 Å². The normalized spacial score (nSPS) is 33.0. The molecule has 136 valence electrons. The summed E-state index contributed by atoms with van der Waals surface area (Å²) in [7, 11) is -4.78. The van der Waals surface area contributed by atoms with Crippen molar-refractivity contribution < 1.29 is 42.4 Å². The van der Waals surface area contributed by atoms with Crippen molar-refractivity contribution in [2.75, 3.05) is 6.61 Å². The molecule has 0 bridgehead atoms. The molecule has 5 atom stereocenters. The molecule has 12 heteroatoms. The van der Waals surface area contributed by atoms with E-state index in [0.717, 1.165) is 11.8 Å². The first-order valence-electron chi connectivity index (χ1n) is 6.75. The second-order valence-corrected chi connectivity index (χ2v) is 7.58. The van der Waals surface area contributed by atoms with Crippen molar-refractivity contribution in [1.29, 1.82) is 0 Å². The highest BCUT2D eigenvalue weighted by atomic mass is 32.3. The Bertz CT molecular complexity index is 508. The van der Waals surface area contributed by atoms with Crippen LogP contribution in [-0.2, 0) is 19.4 Å². The van der Waals surface area contributed by atoms with E-state index in [1.807, 2.05) is 13.8 Å². The Hall–Kier alpha value is -0.470. The maximum Gasteiger partial charge on any atom is 0.466 e. The van der Waals surface area contributed by atoms with Crippen molar-refractivity contribution in [2.24, 2.45) is 11.1 Å². The molecule has 0 aromatic carbocycles. The Morgan fingerprint density at radius 3 is 2.35 bits per heavy atom. The molecular weight excluding hydrogens is 354 g/mol. The Labute approximate surface area is 138 Å². The van der Waals surface area contributed by atoms with Crippen molar-refractivity contribution in [3.8, 4) is 0 Å². The number of aliphatic hydroxyl groups is 4. The first kappa shape index (κ1) is 20.6. The SMILES string of the molecule is CC(C)C/C(=N\OS(=O)(=O)O)SC1OC(CO)C(O)C(O)C1O. The van der Waals surface area contributed by atoms with E-state index in [1.165, 1.54) is 0 Å². The number of rotatable bonds is 6. The summed E-state index contributed by atoms with van der Waals surface area (Å²) >= 11 is 0.763. The maximum atomic E-state index is 10.6. The van der Waals surface area contributed by atoms with Crippen LogP contribution in [0.3, 0.4) is 0 Å². The molecule has 1 fully saturated rings. The van der Waals surface area contributed by atoms with Gasteiger partial charge in [-0.05, 0) is 5.92 Å². The molecule has 0 aromatic heterocycles. The van der Waals surface area contributed by atoms with Gasteiger partial charge in [-0.25, -0.2) is 4.28 Å². The van der Waals surface area contributed by atoms with Gasteiger partial charge < -0.3 is 25.2 Å². The Kier molecular flexibility index (Phi) is 7.67. The summed E-state index contributed by atoms with van der Waals surface area (Å²) in [6.45, 7) is 3.05. The van der Waals surface area contributed by atoms with E-state index in [2.05, 4.69) is 9.44 Å². The molecule has 5 unspecified atom stereocenters. The van der Waals surface area contributed by atoms with Gasteiger partial charge in [-0.1, -0.05) is 30.8 Å². The molecule has 1 saturated heterocycles. The molecule has 5 N–H and O–H groups in total. The molecule has 23 heavy (non-hydrogen) atoms. The zero-order valence-corrected chi connectivity index (χ0v) is 14.1. The standard InChI is InChI=1S/C11H21NO9S2/c1-5(2)3-7(12-21-23(17,18)19)22-11-10(16)9(15)8(14)6(4-13)20-11/h5-6,8-11,13-16H,3-4H2,1-2H3,(H,17,18,19)/b12-7+. The summed E-state index contributed by atoms with van der Waals surface area (Å²) in [6.07, 6.45) is -5.39. The predicted molar refractivity (Wildman–Crippen MR) is 80.9 cm³/mol. The fourth-order valence-corrected chi connectivity index (χ4v) is 3.35. The summed E-state index contributed by atoms with van der Waals surface area (Å²) < 4.78 is 39.0. The predicted octanol–water partition coefficient (Wildman–Crippen LogP) is -1.30. The molecule has 1 rings (SSSR count). The minimum atomic E-state index is -4.78. The van der Waals surface area contributed by atoms with Crippen molar-refractivity contribution in [2.45, 2.75) is 50.1 Å². The van der Waals surface area contributed by atoms with E-state index >= 15 is 0 Å². The molecule has 0 saturated carbocycles. The molecular formula is C11H21NO9S2. The minimum absolute atomic E-state index is 0.0381. The van der Waals surface area contributed by atoms with Crippen LogP contribution in [0.5, 0.6) is 0 Å². The average molecular weight is 375 g/mol. The van der Waals surface area contributed by atoms with Crippen LogP contribution in [0.4, 0.5) is 0 Å². The van der Waals surface area contributed by atoms with Gasteiger partial charge in [0.15, 0.2) is 0 Å². The monoisotopic (exact) mass is 375 g/mol. The van der Waals surface area contributed by atoms with Gasteiger partial charge in [0.1, 0.15) is 34.9 Å². The van der Waals surface area contributed by atoms with Gasteiger partial charge >= 0.3 is 10.4 Å². The van der Waals surface area contributed by atoms with Crippen molar-refractivity contribution >= 4 is 27.2 Å². The lowest BCUT2D eigenvalue weighted by molar-refractivity contribution is -0.205. The number of nitrogens with zero attached hydrogens (tertiary/aromatic N) is 1. The van der Waals surface area contributed by atoms with Crippen LogP contribution < -0.4 is 0 Å². The lowest BCUT2D eigenvalue weighted by Gasteiger charge is -2.39. The summed E-state index contributed by atoms with van der Waals surface area (Å²) in [5.41, 5.74) is -1.12. The van der Waals surface area contributed by atoms with Crippen molar-refractivity contribution in [1.82, 2.24) is 0 Å². The zero-order chi connectivity index (χ0) is 17.8. The van der Waals surface area contributed by atoms with Crippen molar-refractivity contribution in [3.63, 3.8) is 0 Å². The Balaban J connectivity index is 2.88. The van der Waals surface area contributed by atoms with Gasteiger partial charge in [-0.3, -0.25) is 4.55 Å². The molecule has 1 aliphatic heterocycles. The first-order valence-corrected chi connectivity index (χ1v) is 8.99. The third-order valence-corrected chi connectivity index (χ3v) is 4.32. The first-order chi connectivity index (χ1) is 10.5. The Morgan fingerprint density at radius 2 is 1.87 bits per heavy atom. The van der Waals surface area contributed by atoms with E-state index in [9.17, 15) is 23.7 Å². The number of hydrogen-bond donors (Lipinski definition) is 5. The summed E-state index contributed by atoms with van der Waals surface area (Å²) in [5, 5.41) is 41.8. The smallest absolute Gasteiger partial charge is 0.394 e. The summed E-state index contributed by atoms with van der Waals surface area (Å²) in [4.78, 5) is 0. The largest absolute Gasteiger partial charge is 0.466 e. The van der Waals surface area contributed by atoms with Crippen LogP contribution in [0.25, 0.3) is 0 Å².